The number of carbonyl (C=O) groups excluding carboxylic acids is 1. The first-order valence-corrected chi connectivity index (χ1v) is 8.32. The van der Waals surface area contributed by atoms with Crippen molar-refractivity contribution < 1.29 is 17.9 Å². The lowest BCUT2D eigenvalue weighted by molar-refractivity contribution is -0.148. The zero-order valence-electron chi connectivity index (χ0n) is 12.0. The summed E-state index contributed by atoms with van der Waals surface area (Å²) in [5.74, 6) is -0.432. The second kappa shape index (κ2) is 7.21. The van der Waals surface area contributed by atoms with E-state index in [-0.39, 0.29) is 6.61 Å². The molecule has 112 valence electrons. The van der Waals surface area contributed by atoms with Crippen LogP contribution in [-0.4, -0.2) is 55.3 Å². The molecule has 1 aliphatic heterocycles. The highest BCUT2D eigenvalue weighted by atomic mass is 32.2. The standard InChI is InChI=1S/C12H24N2O4S/c1-4-13(5-2)19(16,17)14-10-8-7-9-11(14)12(15)18-6-3/h11H,4-10H2,1-3H3. The first-order chi connectivity index (χ1) is 8.98. The summed E-state index contributed by atoms with van der Waals surface area (Å²) in [6.07, 6.45) is 2.18. The summed E-state index contributed by atoms with van der Waals surface area (Å²) in [6.45, 7) is 6.80. The van der Waals surface area contributed by atoms with Gasteiger partial charge in [0.15, 0.2) is 0 Å². The molecule has 19 heavy (non-hydrogen) atoms. The molecule has 0 saturated carbocycles. The minimum atomic E-state index is -3.57. The third-order valence-electron chi connectivity index (χ3n) is 3.34. The van der Waals surface area contributed by atoms with E-state index in [1.807, 2.05) is 0 Å². The highest BCUT2D eigenvalue weighted by molar-refractivity contribution is 7.86. The van der Waals surface area contributed by atoms with Crippen molar-refractivity contribution in [3.63, 3.8) is 0 Å². The second-order valence-electron chi connectivity index (χ2n) is 4.47. The fourth-order valence-corrected chi connectivity index (χ4v) is 4.18. The number of ether oxygens (including phenoxy) is 1. The van der Waals surface area contributed by atoms with Crippen LogP contribution in [0, 0.1) is 0 Å². The van der Waals surface area contributed by atoms with Gasteiger partial charge in [0, 0.05) is 19.6 Å². The maximum absolute atomic E-state index is 12.5. The van der Waals surface area contributed by atoms with Gasteiger partial charge in [-0.15, -0.1) is 0 Å². The molecule has 1 rings (SSSR count). The molecule has 0 N–H and O–H groups in total. The average molecular weight is 292 g/mol. The van der Waals surface area contributed by atoms with Gasteiger partial charge in [0.1, 0.15) is 6.04 Å². The van der Waals surface area contributed by atoms with Crippen LogP contribution < -0.4 is 0 Å². The summed E-state index contributed by atoms with van der Waals surface area (Å²) in [7, 11) is -3.57. The predicted octanol–water partition coefficient (Wildman–Crippen LogP) is 0.991. The topological polar surface area (TPSA) is 66.9 Å². The Hall–Kier alpha value is -0.660. The van der Waals surface area contributed by atoms with Gasteiger partial charge >= 0.3 is 5.97 Å². The molecule has 1 aliphatic rings. The molecular formula is C12H24N2O4S. The second-order valence-corrected chi connectivity index (χ2v) is 6.35. The number of nitrogens with zero attached hydrogens (tertiary/aromatic N) is 2. The first-order valence-electron chi connectivity index (χ1n) is 6.92. The van der Waals surface area contributed by atoms with Crippen molar-refractivity contribution in [1.29, 1.82) is 0 Å². The van der Waals surface area contributed by atoms with E-state index in [9.17, 15) is 13.2 Å². The van der Waals surface area contributed by atoms with Crippen molar-refractivity contribution in [1.82, 2.24) is 8.61 Å². The van der Waals surface area contributed by atoms with Crippen molar-refractivity contribution in [2.24, 2.45) is 0 Å². The lowest BCUT2D eigenvalue weighted by Crippen LogP contribution is -2.53. The quantitative estimate of drug-likeness (QED) is 0.685. The van der Waals surface area contributed by atoms with E-state index in [1.54, 1.807) is 20.8 Å². The number of piperidine rings is 1. The highest BCUT2D eigenvalue weighted by Gasteiger charge is 2.39. The molecule has 0 aromatic rings. The maximum Gasteiger partial charge on any atom is 0.324 e. The number of esters is 1. The van der Waals surface area contributed by atoms with Crippen molar-refractivity contribution in [3.05, 3.63) is 0 Å². The lowest BCUT2D eigenvalue weighted by Gasteiger charge is -2.36. The number of hydrogen-bond donors (Lipinski definition) is 0. The predicted molar refractivity (Wildman–Crippen MR) is 72.8 cm³/mol. The van der Waals surface area contributed by atoms with E-state index >= 15 is 0 Å². The fraction of sp³-hybridized carbons (Fsp3) is 0.917. The summed E-state index contributed by atoms with van der Waals surface area (Å²) in [5, 5.41) is 0. The van der Waals surface area contributed by atoms with Gasteiger partial charge < -0.3 is 4.74 Å². The summed E-state index contributed by atoms with van der Waals surface area (Å²) >= 11 is 0. The Balaban J connectivity index is 2.96. The van der Waals surface area contributed by atoms with E-state index < -0.39 is 22.2 Å². The van der Waals surface area contributed by atoms with Crippen LogP contribution >= 0.6 is 0 Å². The van der Waals surface area contributed by atoms with Gasteiger partial charge in [0.2, 0.25) is 0 Å². The molecule has 1 heterocycles. The lowest BCUT2D eigenvalue weighted by atomic mass is 10.1. The Morgan fingerprint density at radius 2 is 1.89 bits per heavy atom. The maximum atomic E-state index is 12.5. The van der Waals surface area contributed by atoms with Crippen molar-refractivity contribution in [3.8, 4) is 0 Å². The number of hydrogen-bond acceptors (Lipinski definition) is 4. The molecule has 0 bridgehead atoms. The molecule has 0 radical (unpaired) electrons. The molecule has 0 aromatic heterocycles. The van der Waals surface area contributed by atoms with Gasteiger partial charge in [-0.2, -0.15) is 17.0 Å². The Kier molecular flexibility index (Phi) is 6.22. The SMILES string of the molecule is CCOC(=O)C1CCCCN1S(=O)(=O)N(CC)CC. The van der Waals surface area contributed by atoms with Crippen LogP contribution in [0.1, 0.15) is 40.0 Å². The molecule has 1 saturated heterocycles. The normalized spacial score (nSPS) is 21.6. The van der Waals surface area contributed by atoms with E-state index in [0.29, 0.717) is 26.1 Å². The van der Waals surface area contributed by atoms with Gasteiger partial charge in [-0.05, 0) is 26.2 Å². The van der Waals surface area contributed by atoms with E-state index in [1.165, 1.54) is 8.61 Å². The smallest absolute Gasteiger partial charge is 0.324 e. The molecule has 0 aliphatic carbocycles. The largest absolute Gasteiger partial charge is 0.465 e. The van der Waals surface area contributed by atoms with E-state index in [0.717, 1.165) is 12.8 Å². The van der Waals surface area contributed by atoms with Crippen LogP contribution in [0.3, 0.4) is 0 Å². The van der Waals surface area contributed by atoms with Crippen molar-refractivity contribution >= 4 is 16.2 Å². The van der Waals surface area contributed by atoms with Crippen LogP contribution in [0.2, 0.25) is 0 Å². The Morgan fingerprint density at radius 3 is 2.42 bits per heavy atom. The number of carbonyl (C=O) groups is 1. The molecule has 7 heteroatoms. The van der Waals surface area contributed by atoms with Gasteiger partial charge in [0.05, 0.1) is 6.61 Å². The molecule has 6 nitrogen and oxygen atoms in total. The monoisotopic (exact) mass is 292 g/mol. The van der Waals surface area contributed by atoms with Crippen LogP contribution in [0.4, 0.5) is 0 Å². The molecule has 1 unspecified atom stereocenters. The van der Waals surface area contributed by atoms with E-state index in [2.05, 4.69) is 0 Å². The third kappa shape index (κ3) is 3.67. The molecule has 1 fully saturated rings. The zero-order chi connectivity index (χ0) is 14.5. The van der Waals surface area contributed by atoms with Crippen molar-refractivity contribution in [2.75, 3.05) is 26.2 Å². The Bertz CT molecular complexity index is 393. The number of rotatable bonds is 6. The minimum absolute atomic E-state index is 0.272. The molecular weight excluding hydrogens is 268 g/mol. The van der Waals surface area contributed by atoms with Gasteiger partial charge in [0.25, 0.3) is 10.2 Å². The van der Waals surface area contributed by atoms with E-state index in [4.69, 9.17) is 4.74 Å². The Labute approximate surface area is 115 Å². The minimum Gasteiger partial charge on any atom is -0.465 e. The van der Waals surface area contributed by atoms with Crippen LogP contribution in [0.15, 0.2) is 0 Å². The summed E-state index contributed by atoms with van der Waals surface area (Å²) in [4.78, 5) is 11.9. The molecule has 0 amide bonds. The molecule has 0 aromatic carbocycles. The summed E-state index contributed by atoms with van der Waals surface area (Å²) < 4.78 is 32.7. The van der Waals surface area contributed by atoms with Gasteiger partial charge in [-0.25, -0.2) is 0 Å². The summed E-state index contributed by atoms with van der Waals surface area (Å²) in [5.41, 5.74) is 0. The molecule has 1 atom stereocenters. The van der Waals surface area contributed by atoms with Crippen LogP contribution in [0.25, 0.3) is 0 Å². The highest BCUT2D eigenvalue weighted by Crippen LogP contribution is 2.23. The first kappa shape index (κ1) is 16.4. The molecule has 0 spiro atoms. The van der Waals surface area contributed by atoms with Crippen LogP contribution in [0.5, 0.6) is 0 Å². The Morgan fingerprint density at radius 1 is 1.26 bits per heavy atom. The van der Waals surface area contributed by atoms with Crippen molar-refractivity contribution in [2.45, 2.75) is 46.1 Å². The zero-order valence-corrected chi connectivity index (χ0v) is 12.8. The fourth-order valence-electron chi connectivity index (χ4n) is 2.35. The van der Waals surface area contributed by atoms with Gasteiger partial charge in [-0.3, -0.25) is 4.79 Å². The average Bonchev–Trinajstić information content (AvgIpc) is 2.40. The van der Waals surface area contributed by atoms with Crippen LogP contribution in [-0.2, 0) is 19.7 Å². The van der Waals surface area contributed by atoms with Gasteiger partial charge in [-0.1, -0.05) is 13.8 Å². The third-order valence-corrected chi connectivity index (χ3v) is 5.54. The summed E-state index contributed by atoms with van der Waals surface area (Å²) in [6, 6.07) is -0.667.